The van der Waals surface area contributed by atoms with Crippen LogP contribution in [0.1, 0.15) is 16.7 Å². The first kappa shape index (κ1) is 22.8. The van der Waals surface area contributed by atoms with Crippen LogP contribution in [0.25, 0.3) is 0 Å². The van der Waals surface area contributed by atoms with Crippen LogP contribution in [0, 0.1) is 25.2 Å². The quantitative estimate of drug-likeness (QED) is 0.521. The van der Waals surface area contributed by atoms with Crippen LogP contribution in [0.4, 0.5) is 11.4 Å². The first-order chi connectivity index (χ1) is 15.4. The number of pyridine rings is 1. The van der Waals surface area contributed by atoms with Gasteiger partial charge in [-0.3, -0.25) is 9.59 Å². The number of carbonyl (C=O) groups is 2. The first-order valence-electron chi connectivity index (χ1n) is 9.82. The number of hydrogen-bond acceptors (Lipinski definition) is 6. The van der Waals surface area contributed by atoms with E-state index in [1.54, 1.807) is 36.5 Å². The lowest BCUT2D eigenvalue weighted by Gasteiger charge is -2.11. The third kappa shape index (κ3) is 6.59. The van der Waals surface area contributed by atoms with Gasteiger partial charge in [-0.1, -0.05) is 17.7 Å². The number of carbonyl (C=O) groups excluding carboxylic acids is 2. The Kier molecular flexibility index (Phi) is 7.84. The molecule has 3 rings (SSSR count). The van der Waals surface area contributed by atoms with E-state index >= 15 is 0 Å². The lowest BCUT2D eigenvalue weighted by atomic mass is 10.2. The number of nitrogens with one attached hydrogen (secondary N) is 2. The molecule has 0 spiro atoms. The zero-order valence-electron chi connectivity index (χ0n) is 17.7. The van der Waals surface area contributed by atoms with Crippen molar-refractivity contribution in [1.29, 1.82) is 5.26 Å². The Morgan fingerprint density at radius 2 is 1.75 bits per heavy atom. The van der Waals surface area contributed by atoms with E-state index < -0.39 is 0 Å². The summed E-state index contributed by atoms with van der Waals surface area (Å²) < 4.78 is 5.69. The van der Waals surface area contributed by atoms with Gasteiger partial charge >= 0.3 is 0 Å². The number of anilines is 2. The Labute approximate surface area is 190 Å². The number of aromatic nitrogens is 1. The number of benzene rings is 2. The van der Waals surface area contributed by atoms with Gasteiger partial charge < -0.3 is 15.4 Å². The Morgan fingerprint density at radius 1 is 1.03 bits per heavy atom. The molecule has 0 aliphatic rings. The van der Waals surface area contributed by atoms with E-state index in [4.69, 9.17) is 10.00 Å². The molecule has 0 unspecified atom stereocenters. The molecule has 2 aromatic carbocycles. The van der Waals surface area contributed by atoms with E-state index in [0.29, 0.717) is 17.0 Å². The van der Waals surface area contributed by atoms with Crippen molar-refractivity contribution in [1.82, 2.24) is 4.98 Å². The molecule has 0 fully saturated rings. The number of rotatable bonds is 8. The van der Waals surface area contributed by atoms with E-state index in [1.165, 1.54) is 11.8 Å². The molecular weight excluding hydrogens is 424 g/mol. The predicted molar refractivity (Wildman–Crippen MR) is 126 cm³/mol. The standard InChI is InChI=1S/C24H22N4O3S/c1-16-5-7-19(8-6-16)27-22(29)14-32-15-23(30)28-21-10-9-20(12-17(21)2)31-24-18(13-25)4-3-11-26-24/h3-12H,14-15H2,1-2H3,(H,27,29)(H,28,30). The maximum Gasteiger partial charge on any atom is 0.237 e. The van der Waals surface area contributed by atoms with Crippen molar-refractivity contribution < 1.29 is 14.3 Å². The second kappa shape index (κ2) is 11.0. The van der Waals surface area contributed by atoms with Crippen LogP contribution in [0.15, 0.2) is 60.8 Å². The highest BCUT2D eigenvalue weighted by atomic mass is 32.2. The monoisotopic (exact) mass is 446 g/mol. The Morgan fingerprint density at radius 3 is 2.44 bits per heavy atom. The van der Waals surface area contributed by atoms with Crippen LogP contribution in [0.2, 0.25) is 0 Å². The molecule has 1 heterocycles. The van der Waals surface area contributed by atoms with Crippen molar-refractivity contribution in [3.63, 3.8) is 0 Å². The van der Waals surface area contributed by atoms with Gasteiger partial charge in [-0.05, 0) is 61.9 Å². The Hall–Kier alpha value is -3.83. The molecule has 2 N–H and O–H groups in total. The second-order valence-electron chi connectivity index (χ2n) is 7.00. The van der Waals surface area contributed by atoms with Gasteiger partial charge in [0.2, 0.25) is 17.7 Å². The lowest BCUT2D eigenvalue weighted by molar-refractivity contribution is -0.114. The van der Waals surface area contributed by atoms with Gasteiger partial charge in [-0.2, -0.15) is 5.26 Å². The smallest absolute Gasteiger partial charge is 0.237 e. The molecule has 0 radical (unpaired) electrons. The van der Waals surface area contributed by atoms with Gasteiger partial charge in [0.25, 0.3) is 0 Å². The highest BCUT2D eigenvalue weighted by molar-refractivity contribution is 8.00. The van der Waals surface area contributed by atoms with E-state index in [2.05, 4.69) is 15.6 Å². The summed E-state index contributed by atoms with van der Waals surface area (Å²) in [6, 6.07) is 18.0. The van der Waals surface area contributed by atoms with Crippen molar-refractivity contribution >= 4 is 35.0 Å². The van der Waals surface area contributed by atoms with E-state index in [1.807, 2.05) is 44.2 Å². The van der Waals surface area contributed by atoms with E-state index in [-0.39, 0.29) is 29.2 Å². The number of ether oxygens (including phenoxy) is 1. The summed E-state index contributed by atoms with van der Waals surface area (Å²) in [4.78, 5) is 28.4. The summed E-state index contributed by atoms with van der Waals surface area (Å²) >= 11 is 1.24. The number of amides is 2. The fourth-order valence-corrected chi connectivity index (χ4v) is 3.38. The van der Waals surface area contributed by atoms with E-state index in [0.717, 1.165) is 16.8 Å². The largest absolute Gasteiger partial charge is 0.438 e. The van der Waals surface area contributed by atoms with Crippen molar-refractivity contribution in [2.45, 2.75) is 13.8 Å². The fourth-order valence-electron chi connectivity index (χ4n) is 2.77. The third-order valence-corrected chi connectivity index (χ3v) is 5.31. The van der Waals surface area contributed by atoms with Gasteiger partial charge in [0.1, 0.15) is 17.4 Å². The summed E-state index contributed by atoms with van der Waals surface area (Å²) in [5.74, 6) is 0.711. The molecule has 0 saturated heterocycles. The molecule has 0 bridgehead atoms. The summed E-state index contributed by atoms with van der Waals surface area (Å²) in [7, 11) is 0. The van der Waals surface area contributed by atoms with Crippen molar-refractivity contribution in [3.8, 4) is 17.7 Å². The molecule has 0 saturated carbocycles. The molecule has 2 amide bonds. The van der Waals surface area contributed by atoms with Gasteiger partial charge in [0, 0.05) is 17.6 Å². The van der Waals surface area contributed by atoms with Gasteiger partial charge in [0.05, 0.1) is 11.5 Å². The highest BCUT2D eigenvalue weighted by Crippen LogP contribution is 2.26. The number of aryl methyl sites for hydroxylation is 2. The van der Waals surface area contributed by atoms with Crippen molar-refractivity contribution in [3.05, 3.63) is 77.5 Å². The zero-order chi connectivity index (χ0) is 22.9. The van der Waals surface area contributed by atoms with Gasteiger partial charge in [-0.25, -0.2) is 4.98 Å². The average Bonchev–Trinajstić information content (AvgIpc) is 2.77. The Balaban J connectivity index is 1.48. The van der Waals surface area contributed by atoms with Crippen molar-refractivity contribution in [2.75, 3.05) is 22.1 Å². The second-order valence-corrected chi connectivity index (χ2v) is 7.99. The first-order valence-corrected chi connectivity index (χ1v) is 11.0. The van der Waals surface area contributed by atoms with Gasteiger partial charge in [-0.15, -0.1) is 11.8 Å². The molecule has 0 aliphatic heterocycles. The molecule has 8 heteroatoms. The minimum atomic E-state index is -0.202. The van der Waals surface area contributed by atoms with Crippen LogP contribution in [0.5, 0.6) is 11.6 Å². The average molecular weight is 447 g/mol. The highest BCUT2D eigenvalue weighted by Gasteiger charge is 2.10. The minimum absolute atomic E-state index is 0.151. The number of nitriles is 1. The topological polar surface area (TPSA) is 104 Å². The number of thioether (sulfide) groups is 1. The summed E-state index contributed by atoms with van der Waals surface area (Å²) in [6.07, 6.45) is 1.55. The summed E-state index contributed by atoms with van der Waals surface area (Å²) in [5.41, 5.74) is 3.63. The normalized spacial score (nSPS) is 10.2. The van der Waals surface area contributed by atoms with Crippen LogP contribution < -0.4 is 15.4 Å². The molecule has 3 aromatic rings. The number of hydrogen-bond donors (Lipinski definition) is 2. The number of nitrogens with zero attached hydrogens (tertiary/aromatic N) is 2. The molecule has 162 valence electrons. The molecule has 7 nitrogen and oxygen atoms in total. The minimum Gasteiger partial charge on any atom is -0.438 e. The third-order valence-electron chi connectivity index (χ3n) is 4.38. The van der Waals surface area contributed by atoms with Gasteiger partial charge in [0.15, 0.2) is 0 Å². The molecule has 0 aliphatic carbocycles. The summed E-state index contributed by atoms with van der Waals surface area (Å²) in [5, 5.41) is 14.8. The van der Waals surface area contributed by atoms with Crippen LogP contribution in [-0.2, 0) is 9.59 Å². The molecule has 1 aromatic heterocycles. The van der Waals surface area contributed by atoms with E-state index in [9.17, 15) is 9.59 Å². The maximum atomic E-state index is 12.3. The maximum absolute atomic E-state index is 12.3. The summed E-state index contributed by atoms with van der Waals surface area (Å²) in [6.45, 7) is 3.82. The van der Waals surface area contributed by atoms with Crippen LogP contribution in [-0.4, -0.2) is 28.3 Å². The lowest BCUT2D eigenvalue weighted by Crippen LogP contribution is -2.18. The fraction of sp³-hybridized carbons (Fsp3) is 0.167. The van der Waals surface area contributed by atoms with Crippen molar-refractivity contribution in [2.24, 2.45) is 0 Å². The molecule has 32 heavy (non-hydrogen) atoms. The van der Waals surface area contributed by atoms with Crippen LogP contribution in [0.3, 0.4) is 0 Å². The molecule has 0 atom stereocenters. The molecular formula is C24H22N4O3S. The Bertz CT molecular complexity index is 1160. The zero-order valence-corrected chi connectivity index (χ0v) is 18.5. The predicted octanol–water partition coefficient (Wildman–Crippen LogP) is 4.67. The SMILES string of the molecule is Cc1ccc(NC(=O)CSCC(=O)Nc2ccc(Oc3ncccc3C#N)cc2C)cc1. The van der Waals surface area contributed by atoms with Crippen LogP contribution >= 0.6 is 11.8 Å².